The monoisotopic (exact) mass is 223 g/mol. The van der Waals surface area contributed by atoms with Crippen molar-refractivity contribution in [2.75, 3.05) is 0 Å². The topological polar surface area (TPSA) is 82.0 Å². The van der Waals surface area contributed by atoms with Crippen LogP contribution in [0, 0.1) is 13.8 Å². The molecule has 0 saturated carbocycles. The molecule has 15 heavy (non-hydrogen) atoms. The number of furan rings is 1. The SMILES string of the molecule is Cc1cc(-c2nnsc2C(N)=O)c(C)o1. The van der Waals surface area contributed by atoms with Gasteiger partial charge in [-0.05, 0) is 31.4 Å². The molecule has 0 unspecified atom stereocenters. The van der Waals surface area contributed by atoms with Crippen LogP contribution < -0.4 is 5.73 Å². The molecule has 5 nitrogen and oxygen atoms in total. The maximum Gasteiger partial charge on any atom is 0.262 e. The molecule has 0 aromatic carbocycles. The first-order valence-electron chi connectivity index (χ1n) is 4.29. The molecular weight excluding hydrogens is 214 g/mol. The van der Waals surface area contributed by atoms with Crippen molar-refractivity contribution >= 4 is 17.4 Å². The lowest BCUT2D eigenvalue weighted by molar-refractivity contribution is 0.100. The molecule has 2 rings (SSSR count). The van der Waals surface area contributed by atoms with Crippen LogP contribution in [0.4, 0.5) is 0 Å². The summed E-state index contributed by atoms with van der Waals surface area (Å²) < 4.78 is 9.08. The summed E-state index contributed by atoms with van der Waals surface area (Å²) in [4.78, 5) is 11.5. The van der Waals surface area contributed by atoms with E-state index in [4.69, 9.17) is 10.2 Å². The fourth-order valence-electron chi connectivity index (χ4n) is 1.39. The van der Waals surface area contributed by atoms with E-state index in [1.807, 2.05) is 19.9 Å². The van der Waals surface area contributed by atoms with Gasteiger partial charge in [-0.3, -0.25) is 4.79 Å². The van der Waals surface area contributed by atoms with Crippen molar-refractivity contribution in [1.29, 1.82) is 0 Å². The Labute approximate surface area is 90.1 Å². The lowest BCUT2D eigenvalue weighted by Crippen LogP contribution is -2.10. The van der Waals surface area contributed by atoms with Crippen molar-refractivity contribution in [3.05, 3.63) is 22.5 Å². The van der Waals surface area contributed by atoms with E-state index < -0.39 is 5.91 Å². The summed E-state index contributed by atoms with van der Waals surface area (Å²) in [6.07, 6.45) is 0. The zero-order valence-corrected chi connectivity index (χ0v) is 9.09. The molecule has 0 atom stereocenters. The number of nitrogens with two attached hydrogens (primary N) is 1. The highest BCUT2D eigenvalue weighted by Gasteiger charge is 2.18. The maximum absolute atomic E-state index is 11.1. The molecule has 2 N–H and O–H groups in total. The van der Waals surface area contributed by atoms with Gasteiger partial charge in [0.1, 0.15) is 22.1 Å². The minimum absolute atomic E-state index is 0.360. The van der Waals surface area contributed by atoms with Crippen LogP contribution in [0.1, 0.15) is 21.2 Å². The van der Waals surface area contributed by atoms with Crippen LogP contribution in [-0.2, 0) is 0 Å². The molecule has 0 fully saturated rings. The van der Waals surface area contributed by atoms with E-state index in [2.05, 4.69) is 9.59 Å². The number of rotatable bonds is 2. The number of primary amides is 1. The third kappa shape index (κ3) is 1.63. The molecule has 78 valence electrons. The van der Waals surface area contributed by atoms with Crippen LogP contribution in [0.25, 0.3) is 11.3 Å². The number of carbonyl (C=O) groups is 1. The molecule has 0 aliphatic carbocycles. The minimum atomic E-state index is -0.516. The summed E-state index contributed by atoms with van der Waals surface area (Å²) in [6, 6.07) is 1.82. The van der Waals surface area contributed by atoms with Gasteiger partial charge < -0.3 is 10.2 Å². The fraction of sp³-hybridized carbons (Fsp3) is 0.222. The zero-order valence-electron chi connectivity index (χ0n) is 8.27. The van der Waals surface area contributed by atoms with Gasteiger partial charge in [-0.15, -0.1) is 5.10 Å². The number of hydrogen-bond acceptors (Lipinski definition) is 5. The molecular formula is C9H9N3O2S. The Kier molecular flexibility index (Phi) is 2.28. The molecule has 2 aromatic rings. The third-order valence-corrected chi connectivity index (χ3v) is 2.75. The highest BCUT2D eigenvalue weighted by atomic mass is 32.1. The van der Waals surface area contributed by atoms with Crippen molar-refractivity contribution in [1.82, 2.24) is 9.59 Å². The predicted molar refractivity (Wildman–Crippen MR) is 55.6 cm³/mol. The third-order valence-electron chi connectivity index (χ3n) is 2.01. The minimum Gasteiger partial charge on any atom is -0.466 e. The second kappa shape index (κ2) is 3.47. The van der Waals surface area contributed by atoms with Crippen molar-refractivity contribution in [2.24, 2.45) is 5.73 Å². The Balaban J connectivity index is 2.58. The first-order valence-corrected chi connectivity index (χ1v) is 5.06. The van der Waals surface area contributed by atoms with Crippen LogP contribution in [0.2, 0.25) is 0 Å². The summed E-state index contributed by atoms with van der Waals surface area (Å²) in [6.45, 7) is 3.65. The largest absolute Gasteiger partial charge is 0.466 e. The number of nitrogens with zero attached hydrogens (tertiary/aromatic N) is 2. The first-order chi connectivity index (χ1) is 7.09. The summed E-state index contributed by atoms with van der Waals surface area (Å²) >= 11 is 0.993. The van der Waals surface area contributed by atoms with E-state index in [1.165, 1.54) is 0 Å². The Morgan fingerprint density at radius 2 is 2.27 bits per heavy atom. The number of amides is 1. The van der Waals surface area contributed by atoms with Crippen molar-refractivity contribution in [3.63, 3.8) is 0 Å². The highest BCUT2D eigenvalue weighted by molar-refractivity contribution is 7.08. The van der Waals surface area contributed by atoms with E-state index in [9.17, 15) is 4.79 Å². The Morgan fingerprint density at radius 3 is 2.80 bits per heavy atom. The number of aryl methyl sites for hydroxylation is 2. The maximum atomic E-state index is 11.1. The van der Waals surface area contributed by atoms with Gasteiger partial charge in [0.25, 0.3) is 5.91 Å². The molecule has 6 heteroatoms. The number of hydrogen-bond donors (Lipinski definition) is 1. The second-order valence-corrected chi connectivity index (χ2v) is 3.90. The molecule has 0 bridgehead atoms. The smallest absolute Gasteiger partial charge is 0.262 e. The van der Waals surface area contributed by atoms with E-state index in [-0.39, 0.29) is 0 Å². The van der Waals surface area contributed by atoms with Gasteiger partial charge in [0, 0.05) is 5.56 Å². The molecule has 1 amide bonds. The Morgan fingerprint density at radius 1 is 1.53 bits per heavy atom. The summed E-state index contributed by atoms with van der Waals surface area (Å²) in [5.74, 6) is 0.965. The van der Waals surface area contributed by atoms with Gasteiger partial charge in [-0.2, -0.15) is 0 Å². The van der Waals surface area contributed by atoms with Gasteiger partial charge in [0.2, 0.25) is 0 Å². The summed E-state index contributed by atoms with van der Waals surface area (Å²) in [7, 11) is 0. The molecule has 2 heterocycles. The zero-order chi connectivity index (χ0) is 11.0. The molecule has 0 radical (unpaired) electrons. The van der Waals surface area contributed by atoms with Crippen LogP contribution in [0.3, 0.4) is 0 Å². The van der Waals surface area contributed by atoms with Gasteiger partial charge in [0.15, 0.2) is 0 Å². The van der Waals surface area contributed by atoms with Crippen LogP contribution >= 0.6 is 11.5 Å². The Hall–Kier alpha value is -1.69. The second-order valence-electron chi connectivity index (χ2n) is 3.14. The summed E-state index contributed by atoms with van der Waals surface area (Å²) in [5, 5.41) is 3.89. The quantitative estimate of drug-likeness (QED) is 0.836. The summed E-state index contributed by atoms with van der Waals surface area (Å²) in [5.41, 5.74) is 6.49. The van der Waals surface area contributed by atoms with Gasteiger partial charge in [-0.25, -0.2) is 0 Å². The molecule has 0 saturated heterocycles. The first kappa shape index (κ1) is 9.85. The van der Waals surface area contributed by atoms with Crippen LogP contribution in [-0.4, -0.2) is 15.5 Å². The number of aromatic nitrogens is 2. The van der Waals surface area contributed by atoms with Crippen molar-refractivity contribution in [2.45, 2.75) is 13.8 Å². The highest BCUT2D eigenvalue weighted by Crippen LogP contribution is 2.28. The average molecular weight is 223 g/mol. The standard InChI is InChI=1S/C9H9N3O2S/c1-4-3-6(5(2)14-4)7-8(9(10)13)15-12-11-7/h3H,1-2H3,(H2,10,13). The molecule has 0 spiro atoms. The van der Waals surface area contributed by atoms with Crippen LogP contribution in [0.5, 0.6) is 0 Å². The van der Waals surface area contributed by atoms with Gasteiger partial charge in [0.05, 0.1) is 0 Å². The lowest BCUT2D eigenvalue weighted by Gasteiger charge is -1.94. The van der Waals surface area contributed by atoms with E-state index >= 15 is 0 Å². The van der Waals surface area contributed by atoms with Crippen molar-refractivity contribution < 1.29 is 9.21 Å². The fourth-order valence-corrected chi connectivity index (χ4v) is 1.93. The van der Waals surface area contributed by atoms with E-state index in [1.54, 1.807) is 0 Å². The number of carbonyl (C=O) groups excluding carboxylic acids is 1. The van der Waals surface area contributed by atoms with E-state index in [0.717, 1.165) is 22.9 Å². The average Bonchev–Trinajstić information content (AvgIpc) is 2.71. The molecule has 0 aliphatic heterocycles. The van der Waals surface area contributed by atoms with Crippen LogP contribution in [0.15, 0.2) is 10.5 Å². The van der Waals surface area contributed by atoms with Gasteiger partial charge >= 0.3 is 0 Å². The molecule has 2 aromatic heterocycles. The van der Waals surface area contributed by atoms with E-state index in [0.29, 0.717) is 16.3 Å². The molecule has 0 aliphatic rings. The normalized spacial score (nSPS) is 10.5. The lowest BCUT2D eigenvalue weighted by atomic mass is 10.1. The van der Waals surface area contributed by atoms with Crippen molar-refractivity contribution in [3.8, 4) is 11.3 Å². The van der Waals surface area contributed by atoms with Gasteiger partial charge in [-0.1, -0.05) is 4.49 Å². The predicted octanol–water partition coefficient (Wildman–Crippen LogP) is 1.51. The Bertz CT molecular complexity index is 515.